The molecule has 0 aliphatic heterocycles. The molecule has 0 aromatic carbocycles. The average Bonchev–Trinajstić information content (AvgIpc) is 3.30. The zero-order valence-electron chi connectivity index (χ0n) is 40.7. The van der Waals surface area contributed by atoms with Crippen LogP contribution in [0.1, 0.15) is 200 Å². The third kappa shape index (κ3) is 33.1. The minimum Gasteiger partial charge on any atom is -0.462 e. The Morgan fingerprint density at radius 2 is 0.864 bits per heavy atom. The second-order valence-electron chi connectivity index (χ2n) is 17.7. The predicted octanol–water partition coefficient (Wildman–Crippen LogP) is 10.9. The topological polar surface area (TPSA) is 210 Å². The Hall–Kier alpha value is -2.45. The van der Waals surface area contributed by atoms with Gasteiger partial charge in [-0.1, -0.05) is 197 Å². The highest BCUT2D eigenvalue weighted by Gasteiger charge is 2.51. The number of ether oxygens (including phenoxy) is 2. The molecule has 13 nitrogen and oxygen atoms in total. The fourth-order valence-corrected chi connectivity index (χ4v) is 8.53. The zero-order valence-corrected chi connectivity index (χ0v) is 41.6. The van der Waals surface area contributed by atoms with Crippen molar-refractivity contribution >= 4 is 19.8 Å². The van der Waals surface area contributed by atoms with Crippen LogP contribution in [-0.4, -0.2) is 98.3 Å². The molecule has 0 radical (unpaired) electrons. The largest absolute Gasteiger partial charge is 0.472 e. The molecule has 6 unspecified atom stereocenters. The van der Waals surface area contributed by atoms with E-state index in [1.54, 1.807) is 0 Å². The molecule has 382 valence electrons. The highest BCUT2D eigenvalue weighted by molar-refractivity contribution is 7.47. The van der Waals surface area contributed by atoms with Gasteiger partial charge in [-0.2, -0.15) is 0 Å². The Balaban J connectivity index is 2.43. The lowest BCUT2D eigenvalue weighted by atomic mass is 9.85. The van der Waals surface area contributed by atoms with Crippen LogP contribution in [0.15, 0.2) is 60.8 Å². The molecule has 1 aliphatic carbocycles. The lowest BCUT2D eigenvalue weighted by molar-refractivity contribution is -0.220. The molecule has 0 amide bonds. The summed E-state index contributed by atoms with van der Waals surface area (Å²) in [7, 11) is -5.14. The quantitative estimate of drug-likeness (QED) is 0.0146. The number of esters is 2. The maximum atomic E-state index is 12.8. The molecule has 8 atom stereocenters. The summed E-state index contributed by atoms with van der Waals surface area (Å²) in [4.78, 5) is 35.8. The minimum absolute atomic E-state index is 0.0858. The molecule has 66 heavy (non-hydrogen) atoms. The first kappa shape index (κ1) is 61.6. The predicted molar refractivity (Wildman–Crippen MR) is 262 cm³/mol. The summed E-state index contributed by atoms with van der Waals surface area (Å²) < 4.78 is 33.6. The molecule has 0 spiro atoms. The first-order valence-electron chi connectivity index (χ1n) is 25.6. The van der Waals surface area contributed by atoms with Gasteiger partial charge < -0.3 is 39.9 Å². The molecular weight excluding hydrogens is 864 g/mol. The Kier molecular flexibility index (Phi) is 38.7. The molecule has 0 saturated heterocycles. The van der Waals surface area contributed by atoms with E-state index in [-0.39, 0.29) is 12.8 Å². The number of phosphoric ester groups is 1. The second-order valence-corrected chi connectivity index (χ2v) is 19.1. The summed E-state index contributed by atoms with van der Waals surface area (Å²) in [6.45, 7) is 3.16. The summed E-state index contributed by atoms with van der Waals surface area (Å²) in [6, 6.07) is 0. The summed E-state index contributed by atoms with van der Waals surface area (Å²) in [5.74, 6) is -1.16. The molecule has 1 aliphatic rings. The van der Waals surface area contributed by atoms with Crippen molar-refractivity contribution in [2.24, 2.45) is 0 Å². The number of hydrogen-bond acceptors (Lipinski definition) is 12. The molecule has 0 aromatic rings. The van der Waals surface area contributed by atoms with Crippen LogP contribution in [0.25, 0.3) is 0 Å². The van der Waals surface area contributed by atoms with E-state index in [4.69, 9.17) is 18.5 Å². The first-order chi connectivity index (χ1) is 31.9. The number of hydrogen-bond donors (Lipinski definition) is 6. The van der Waals surface area contributed by atoms with Crippen molar-refractivity contribution in [1.82, 2.24) is 0 Å². The molecular formula is C52H91O13P. The van der Waals surface area contributed by atoms with Gasteiger partial charge in [0.25, 0.3) is 0 Å². The Morgan fingerprint density at radius 3 is 1.30 bits per heavy atom. The van der Waals surface area contributed by atoms with Crippen molar-refractivity contribution in [2.45, 2.75) is 243 Å². The molecule has 0 heterocycles. The van der Waals surface area contributed by atoms with Gasteiger partial charge in [0.05, 0.1) is 6.61 Å². The summed E-state index contributed by atoms with van der Waals surface area (Å²) >= 11 is 0. The van der Waals surface area contributed by atoms with E-state index in [9.17, 15) is 44.6 Å². The van der Waals surface area contributed by atoms with Crippen LogP contribution in [0.2, 0.25) is 0 Å². The zero-order chi connectivity index (χ0) is 48.5. The maximum Gasteiger partial charge on any atom is 0.472 e. The van der Waals surface area contributed by atoms with Crippen LogP contribution in [0.3, 0.4) is 0 Å². The normalized spacial score (nSPS) is 21.8. The van der Waals surface area contributed by atoms with Gasteiger partial charge in [0.15, 0.2) is 6.10 Å². The van der Waals surface area contributed by atoms with E-state index in [1.165, 1.54) is 96.3 Å². The SMILES string of the molecule is CC/C=C/C/C=C/C/C=C/C/C=C/C/C=C/CCCC(=O)OC[C@H](COP(=O)(O)OC1C(O)C(O)C(O)[C@@H](O)C1O)OC(=O)CCCCCCCCCCCCCCCCCCCCCC. The number of rotatable bonds is 42. The number of allylic oxidation sites excluding steroid dienone is 10. The molecule has 14 heteroatoms. The van der Waals surface area contributed by atoms with Crippen LogP contribution in [0, 0.1) is 0 Å². The van der Waals surface area contributed by atoms with Crippen LogP contribution >= 0.6 is 7.82 Å². The number of aliphatic hydroxyl groups excluding tert-OH is 5. The third-order valence-corrected chi connectivity index (χ3v) is 12.6. The second kappa shape index (κ2) is 41.5. The molecule has 6 N–H and O–H groups in total. The first-order valence-corrected chi connectivity index (χ1v) is 27.1. The van der Waals surface area contributed by atoms with Crippen molar-refractivity contribution in [3.05, 3.63) is 60.8 Å². The maximum absolute atomic E-state index is 12.8. The number of carbonyl (C=O) groups excluding carboxylic acids is 2. The van der Waals surface area contributed by atoms with E-state index >= 15 is 0 Å². The van der Waals surface area contributed by atoms with Gasteiger partial charge in [0, 0.05) is 12.8 Å². The highest BCUT2D eigenvalue weighted by atomic mass is 31.2. The van der Waals surface area contributed by atoms with Gasteiger partial charge in [0.2, 0.25) is 0 Å². The molecule has 1 rings (SSSR count). The molecule has 1 saturated carbocycles. The van der Waals surface area contributed by atoms with Crippen LogP contribution in [-0.2, 0) is 32.7 Å². The smallest absolute Gasteiger partial charge is 0.462 e. The Morgan fingerprint density at radius 1 is 0.485 bits per heavy atom. The van der Waals surface area contributed by atoms with Gasteiger partial charge in [-0.25, -0.2) is 4.57 Å². The fourth-order valence-electron chi connectivity index (χ4n) is 7.56. The van der Waals surface area contributed by atoms with Gasteiger partial charge >= 0.3 is 19.8 Å². The standard InChI is InChI=1S/C52H91O13P/c1-3-5-7-9-11-13-15-17-19-21-22-23-25-27-29-31-33-35-37-39-41-46(54)64-44(43-63-66(60,61)65-52-50(58)48(56)47(55)49(57)51(52)59)42-62-45(53)40-38-36-34-32-30-28-26-24-20-18-16-14-12-10-8-6-4-2/h6,8,12,14,18,20,26,28,32,34,44,47-52,55-59H,3-5,7,9-11,13,15-17,19,21-25,27,29-31,33,35-43H2,1-2H3,(H,60,61)/b8-6+,14-12+,20-18+,28-26+,34-32+/t44-,47?,48-,49?,50?,51?,52?/m1/s1. The van der Waals surface area contributed by atoms with E-state index in [1.807, 2.05) is 12.2 Å². The number of aliphatic hydroxyl groups is 5. The van der Waals surface area contributed by atoms with Crippen molar-refractivity contribution in [3.63, 3.8) is 0 Å². The fraction of sp³-hybridized carbons (Fsp3) is 0.769. The highest BCUT2D eigenvalue weighted by Crippen LogP contribution is 2.47. The van der Waals surface area contributed by atoms with Gasteiger partial charge in [-0.3, -0.25) is 18.6 Å². The van der Waals surface area contributed by atoms with Crippen LogP contribution < -0.4 is 0 Å². The van der Waals surface area contributed by atoms with Gasteiger partial charge in [-0.05, 0) is 51.4 Å². The third-order valence-electron chi connectivity index (χ3n) is 11.6. The van der Waals surface area contributed by atoms with Crippen molar-refractivity contribution in [2.75, 3.05) is 13.2 Å². The molecule has 0 bridgehead atoms. The summed E-state index contributed by atoms with van der Waals surface area (Å²) in [5, 5.41) is 50.3. The summed E-state index contributed by atoms with van der Waals surface area (Å²) in [6.07, 6.45) is 38.5. The molecule has 0 aromatic heterocycles. The van der Waals surface area contributed by atoms with E-state index in [2.05, 4.69) is 62.5 Å². The number of phosphoric acid groups is 1. The van der Waals surface area contributed by atoms with Crippen LogP contribution in [0.5, 0.6) is 0 Å². The van der Waals surface area contributed by atoms with Crippen molar-refractivity contribution in [3.8, 4) is 0 Å². The van der Waals surface area contributed by atoms with Crippen molar-refractivity contribution < 1.29 is 63.1 Å². The monoisotopic (exact) mass is 955 g/mol. The average molecular weight is 955 g/mol. The van der Waals surface area contributed by atoms with E-state index in [0.29, 0.717) is 19.3 Å². The van der Waals surface area contributed by atoms with E-state index < -0.39 is 75.7 Å². The van der Waals surface area contributed by atoms with Gasteiger partial charge in [-0.15, -0.1) is 0 Å². The van der Waals surface area contributed by atoms with Crippen molar-refractivity contribution in [1.29, 1.82) is 0 Å². The summed E-state index contributed by atoms with van der Waals surface area (Å²) in [5.41, 5.74) is 0. The van der Waals surface area contributed by atoms with Crippen LogP contribution in [0.4, 0.5) is 0 Å². The lowest BCUT2D eigenvalue weighted by Crippen LogP contribution is -2.64. The van der Waals surface area contributed by atoms with Gasteiger partial charge in [0.1, 0.15) is 43.2 Å². The minimum atomic E-state index is -5.14. The molecule has 1 fully saturated rings. The number of unbranched alkanes of at least 4 members (excludes halogenated alkanes) is 20. The van der Waals surface area contributed by atoms with E-state index in [0.717, 1.165) is 57.8 Å². The Labute approximate surface area is 398 Å². The lowest BCUT2D eigenvalue weighted by Gasteiger charge is -2.41. The number of carbonyl (C=O) groups is 2. The Bertz CT molecular complexity index is 1380.